The molecule has 0 spiro atoms. The van der Waals surface area contributed by atoms with Crippen LogP contribution < -0.4 is 4.74 Å². The quantitative estimate of drug-likeness (QED) is 0.696. The molecule has 5 nitrogen and oxygen atoms in total. The predicted molar refractivity (Wildman–Crippen MR) is 93.6 cm³/mol. The molecule has 0 atom stereocenters. The van der Waals surface area contributed by atoms with Crippen molar-refractivity contribution in [2.75, 3.05) is 7.11 Å². The van der Waals surface area contributed by atoms with Crippen LogP contribution in [0.1, 0.15) is 37.0 Å². The Labute approximate surface area is 142 Å². The number of hydrogen-bond acceptors (Lipinski definition) is 4. The molecule has 0 radical (unpaired) electrons. The molecule has 0 aliphatic rings. The molecule has 0 aliphatic heterocycles. The van der Waals surface area contributed by atoms with Gasteiger partial charge in [0.1, 0.15) is 17.3 Å². The number of benzene rings is 1. The summed E-state index contributed by atoms with van der Waals surface area (Å²) in [5.74, 6) is 2.85. The van der Waals surface area contributed by atoms with Crippen molar-refractivity contribution in [3.8, 4) is 11.4 Å². The molecule has 0 aliphatic carbocycles. The van der Waals surface area contributed by atoms with Crippen LogP contribution in [0.4, 0.5) is 0 Å². The van der Waals surface area contributed by atoms with Gasteiger partial charge >= 0.3 is 0 Å². The summed E-state index contributed by atoms with van der Waals surface area (Å²) < 4.78 is 7.40. The van der Waals surface area contributed by atoms with Crippen LogP contribution in [0.3, 0.4) is 0 Å². The minimum Gasteiger partial charge on any atom is -0.494 e. The molecule has 124 valence electrons. The molecule has 3 rings (SSSR count). The third-order valence-electron chi connectivity index (χ3n) is 3.88. The summed E-state index contributed by atoms with van der Waals surface area (Å²) in [6.45, 7) is 4.21. The molecular formula is C19H22N4O. The predicted octanol–water partition coefficient (Wildman–Crippen LogP) is 3.58. The highest BCUT2D eigenvalue weighted by atomic mass is 16.5. The summed E-state index contributed by atoms with van der Waals surface area (Å²) in [7, 11) is 1.68. The zero-order chi connectivity index (χ0) is 16.9. The number of rotatable bonds is 6. The van der Waals surface area contributed by atoms with Crippen LogP contribution in [0.15, 0.2) is 48.8 Å². The van der Waals surface area contributed by atoms with Crippen LogP contribution in [0.5, 0.6) is 5.75 Å². The first kappa shape index (κ1) is 16.2. The lowest BCUT2D eigenvalue weighted by atomic mass is 10.1. The van der Waals surface area contributed by atoms with E-state index in [9.17, 15) is 0 Å². The van der Waals surface area contributed by atoms with Crippen LogP contribution in [0.2, 0.25) is 0 Å². The second-order valence-electron chi connectivity index (χ2n) is 5.99. The minimum absolute atomic E-state index is 0.276. The average Bonchev–Trinajstić information content (AvgIpc) is 3.05. The fraction of sp³-hybridized carbons (Fsp3) is 0.316. The second kappa shape index (κ2) is 7.25. The summed E-state index contributed by atoms with van der Waals surface area (Å²) in [5.41, 5.74) is 2.11. The molecule has 0 bridgehead atoms. The zero-order valence-corrected chi connectivity index (χ0v) is 14.3. The average molecular weight is 322 g/mol. The minimum atomic E-state index is 0.276. The van der Waals surface area contributed by atoms with Gasteiger partial charge in [-0.1, -0.05) is 32.0 Å². The van der Waals surface area contributed by atoms with Crippen LogP contribution in [-0.2, 0) is 12.8 Å². The Morgan fingerprint density at radius 2 is 1.92 bits per heavy atom. The maximum atomic E-state index is 5.49. The van der Waals surface area contributed by atoms with Crippen molar-refractivity contribution in [2.45, 2.75) is 32.6 Å². The Bertz CT molecular complexity index is 796. The number of aryl methyl sites for hydroxylation is 2. The normalized spacial score (nSPS) is 11.0. The van der Waals surface area contributed by atoms with E-state index in [4.69, 9.17) is 14.8 Å². The molecule has 0 saturated carbocycles. The third-order valence-corrected chi connectivity index (χ3v) is 3.88. The lowest BCUT2D eigenvalue weighted by Crippen LogP contribution is -2.06. The van der Waals surface area contributed by atoms with E-state index in [0.29, 0.717) is 0 Å². The molecule has 24 heavy (non-hydrogen) atoms. The lowest BCUT2D eigenvalue weighted by molar-refractivity contribution is 0.411. The Hall–Kier alpha value is -2.69. The van der Waals surface area contributed by atoms with Crippen molar-refractivity contribution in [3.05, 3.63) is 66.0 Å². The van der Waals surface area contributed by atoms with Crippen molar-refractivity contribution >= 4 is 0 Å². The molecule has 2 aromatic heterocycles. The number of ether oxygens (including phenoxy) is 1. The first-order chi connectivity index (χ1) is 11.7. The standard InChI is InChI=1S/C19H22N4O/c1-14(2)19-21-18(11-10-15-7-6-12-20-13-15)23(22-19)16-8-4-5-9-17(16)24-3/h4-9,12-14H,10-11H2,1-3H3. The van der Waals surface area contributed by atoms with Crippen LogP contribution in [-0.4, -0.2) is 26.9 Å². The highest BCUT2D eigenvalue weighted by Crippen LogP contribution is 2.24. The Morgan fingerprint density at radius 3 is 2.62 bits per heavy atom. The van der Waals surface area contributed by atoms with Crippen molar-refractivity contribution in [3.63, 3.8) is 0 Å². The summed E-state index contributed by atoms with van der Waals surface area (Å²) >= 11 is 0. The van der Waals surface area contributed by atoms with E-state index in [0.717, 1.165) is 35.9 Å². The van der Waals surface area contributed by atoms with Gasteiger partial charge in [0.15, 0.2) is 5.82 Å². The van der Waals surface area contributed by atoms with Gasteiger partial charge in [-0.3, -0.25) is 4.98 Å². The summed E-state index contributed by atoms with van der Waals surface area (Å²) in [6.07, 6.45) is 5.35. The molecule has 0 N–H and O–H groups in total. The van der Waals surface area contributed by atoms with Gasteiger partial charge in [0.2, 0.25) is 0 Å². The fourth-order valence-electron chi connectivity index (χ4n) is 2.57. The first-order valence-corrected chi connectivity index (χ1v) is 8.17. The lowest BCUT2D eigenvalue weighted by Gasteiger charge is -2.10. The van der Waals surface area contributed by atoms with Gasteiger partial charge in [0, 0.05) is 24.7 Å². The third kappa shape index (κ3) is 3.45. The molecule has 0 unspecified atom stereocenters. The van der Waals surface area contributed by atoms with Crippen LogP contribution in [0, 0.1) is 0 Å². The van der Waals surface area contributed by atoms with E-state index >= 15 is 0 Å². The fourth-order valence-corrected chi connectivity index (χ4v) is 2.57. The van der Waals surface area contributed by atoms with Crippen molar-refractivity contribution < 1.29 is 4.74 Å². The van der Waals surface area contributed by atoms with Crippen molar-refractivity contribution in [1.82, 2.24) is 19.7 Å². The number of nitrogens with zero attached hydrogens (tertiary/aromatic N) is 4. The molecule has 0 fully saturated rings. The summed E-state index contributed by atoms with van der Waals surface area (Å²) in [6, 6.07) is 11.9. The number of pyridine rings is 1. The van der Waals surface area contributed by atoms with Gasteiger partial charge in [-0.15, -0.1) is 0 Å². The molecule has 3 aromatic rings. The van der Waals surface area contributed by atoms with Gasteiger partial charge < -0.3 is 4.74 Å². The Kier molecular flexibility index (Phi) is 4.89. The first-order valence-electron chi connectivity index (χ1n) is 8.17. The number of hydrogen-bond donors (Lipinski definition) is 0. The van der Waals surface area contributed by atoms with Gasteiger partial charge in [-0.05, 0) is 30.2 Å². The number of methoxy groups -OCH3 is 1. The smallest absolute Gasteiger partial charge is 0.153 e. The Morgan fingerprint density at radius 1 is 1.08 bits per heavy atom. The molecule has 2 heterocycles. The van der Waals surface area contributed by atoms with Gasteiger partial charge in [0.05, 0.1) is 7.11 Å². The van der Waals surface area contributed by atoms with Gasteiger partial charge in [0.25, 0.3) is 0 Å². The zero-order valence-electron chi connectivity index (χ0n) is 14.3. The number of para-hydroxylation sites is 2. The van der Waals surface area contributed by atoms with Gasteiger partial charge in [-0.25, -0.2) is 9.67 Å². The van der Waals surface area contributed by atoms with E-state index in [1.807, 2.05) is 41.2 Å². The van der Waals surface area contributed by atoms with E-state index in [1.165, 1.54) is 5.56 Å². The van der Waals surface area contributed by atoms with Crippen LogP contribution >= 0.6 is 0 Å². The molecule has 0 amide bonds. The molecule has 0 saturated heterocycles. The van der Waals surface area contributed by atoms with E-state index < -0.39 is 0 Å². The largest absolute Gasteiger partial charge is 0.494 e. The van der Waals surface area contributed by atoms with Crippen LogP contribution in [0.25, 0.3) is 5.69 Å². The SMILES string of the molecule is COc1ccccc1-n1nc(C(C)C)nc1CCc1cccnc1. The number of aromatic nitrogens is 4. The van der Waals surface area contributed by atoms with Gasteiger partial charge in [-0.2, -0.15) is 5.10 Å². The van der Waals surface area contributed by atoms with Crippen molar-refractivity contribution in [1.29, 1.82) is 0 Å². The molecular weight excluding hydrogens is 300 g/mol. The summed E-state index contributed by atoms with van der Waals surface area (Å²) in [4.78, 5) is 8.93. The second-order valence-corrected chi connectivity index (χ2v) is 5.99. The Balaban J connectivity index is 1.95. The topological polar surface area (TPSA) is 52.8 Å². The maximum absolute atomic E-state index is 5.49. The summed E-state index contributed by atoms with van der Waals surface area (Å²) in [5, 5.41) is 4.71. The van der Waals surface area contributed by atoms with Crippen molar-refractivity contribution in [2.24, 2.45) is 0 Å². The highest BCUT2D eigenvalue weighted by molar-refractivity contribution is 5.46. The monoisotopic (exact) mass is 322 g/mol. The van der Waals surface area contributed by atoms with E-state index in [1.54, 1.807) is 13.3 Å². The molecule has 5 heteroatoms. The van der Waals surface area contributed by atoms with E-state index in [2.05, 4.69) is 24.9 Å². The highest BCUT2D eigenvalue weighted by Gasteiger charge is 2.16. The maximum Gasteiger partial charge on any atom is 0.153 e. The molecule has 1 aromatic carbocycles. The van der Waals surface area contributed by atoms with E-state index in [-0.39, 0.29) is 5.92 Å².